The average Bonchev–Trinajstić information content (AvgIpc) is 3.17. The minimum absolute atomic E-state index is 0.0284. The van der Waals surface area contributed by atoms with Gasteiger partial charge in [0.15, 0.2) is 9.84 Å². The predicted octanol–water partition coefficient (Wildman–Crippen LogP) is 1.71. The number of methoxy groups -OCH3 is 1. The molecule has 1 atom stereocenters. The van der Waals surface area contributed by atoms with Gasteiger partial charge in [-0.15, -0.1) is 0 Å². The lowest BCUT2D eigenvalue weighted by molar-refractivity contribution is -0.117. The monoisotopic (exact) mass is 480 g/mol. The van der Waals surface area contributed by atoms with E-state index in [1.807, 2.05) is 0 Å². The smallest absolute Gasteiger partial charge is 0.269 e. The van der Waals surface area contributed by atoms with Gasteiger partial charge in [0.05, 0.1) is 18.6 Å². The molecule has 174 valence electrons. The van der Waals surface area contributed by atoms with Gasteiger partial charge in [-0.25, -0.2) is 8.42 Å². The van der Waals surface area contributed by atoms with E-state index in [-0.39, 0.29) is 34.9 Å². The number of benzene rings is 1. The molecule has 0 radical (unpaired) electrons. The van der Waals surface area contributed by atoms with Gasteiger partial charge in [0.1, 0.15) is 34.4 Å². The molecule has 1 N–H and O–H groups in total. The third-order valence-corrected chi connectivity index (χ3v) is 7.00. The van der Waals surface area contributed by atoms with Gasteiger partial charge in [-0.1, -0.05) is 6.07 Å². The number of hydrogen-bond donors (Lipinski definition) is 1. The van der Waals surface area contributed by atoms with Crippen molar-refractivity contribution in [2.24, 2.45) is 0 Å². The maximum atomic E-state index is 13.2. The first-order valence-corrected chi connectivity index (χ1v) is 12.1. The number of sulfone groups is 1. The fourth-order valence-corrected chi connectivity index (χ4v) is 5.18. The first kappa shape index (κ1) is 23.0. The van der Waals surface area contributed by atoms with E-state index in [1.165, 1.54) is 17.7 Å². The Morgan fingerprint density at radius 2 is 1.97 bits per heavy atom. The Bertz CT molecular complexity index is 1490. The van der Waals surface area contributed by atoms with E-state index in [2.05, 4.69) is 10.3 Å². The molecule has 1 aliphatic heterocycles. The van der Waals surface area contributed by atoms with Gasteiger partial charge in [-0.3, -0.25) is 14.0 Å². The number of rotatable bonds is 6. The molecule has 1 saturated heterocycles. The molecular weight excluding hydrogens is 460 g/mol. The summed E-state index contributed by atoms with van der Waals surface area (Å²) >= 11 is 0. The summed E-state index contributed by atoms with van der Waals surface area (Å²) in [6.07, 6.45) is 2.87. The van der Waals surface area contributed by atoms with Crippen LogP contribution in [0.15, 0.2) is 59.0 Å². The van der Waals surface area contributed by atoms with Crippen LogP contribution in [0.5, 0.6) is 17.4 Å². The molecule has 1 aromatic carbocycles. The summed E-state index contributed by atoms with van der Waals surface area (Å²) in [6.45, 7) is 0. The van der Waals surface area contributed by atoms with Gasteiger partial charge >= 0.3 is 0 Å². The number of nitrogens with zero attached hydrogens (tertiary/aromatic N) is 3. The van der Waals surface area contributed by atoms with Crippen LogP contribution in [0.4, 0.5) is 0 Å². The van der Waals surface area contributed by atoms with Gasteiger partial charge in [0.25, 0.3) is 11.5 Å². The molecule has 34 heavy (non-hydrogen) atoms. The number of carbonyl (C=O) groups excluding carboxylic acids is 1. The number of carbonyl (C=O) groups is 1. The molecule has 0 saturated carbocycles. The Balaban J connectivity index is 1.74. The van der Waals surface area contributed by atoms with Crippen LogP contribution in [0.1, 0.15) is 12.0 Å². The van der Waals surface area contributed by atoms with E-state index in [0.29, 0.717) is 17.1 Å². The van der Waals surface area contributed by atoms with Crippen molar-refractivity contribution in [3.8, 4) is 23.4 Å². The predicted molar refractivity (Wildman–Crippen MR) is 123 cm³/mol. The second-order valence-corrected chi connectivity index (χ2v) is 9.81. The van der Waals surface area contributed by atoms with Crippen molar-refractivity contribution in [3.63, 3.8) is 0 Å². The standard InChI is InChI=1S/C23H20N4O6S/c1-32-17-5-7-18(8-6-17)33-22-19(23(29)27-10-3-2-4-20(27)26-22)12-15(13-24)21(28)25-16-9-11-34(30,31)14-16/h2-8,10,12,16H,9,11,14H2,1H3,(H,25,28)/b15-12+/t16-/m0/s1. The summed E-state index contributed by atoms with van der Waals surface area (Å²) in [4.78, 5) is 30.3. The zero-order valence-corrected chi connectivity index (χ0v) is 18.9. The van der Waals surface area contributed by atoms with Gasteiger partial charge in [0.2, 0.25) is 5.88 Å². The van der Waals surface area contributed by atoms with Gasteiger partial charge in [-0.05, 0) is 48.9 Å². The molecule has 0 spiro atoms. The fourth-order valence-electron chi connectivity index (χ4n) is 3.50. The van der Waals surface area contributed by atoms with Crippen molar-refractivity contribution in [2.45, 2.75) is 12.5 Å². The van der Waals surface area contributed by atoms with E-state index < -0.39 is 27.3 Å². The molecule has 2 aromatic heterocycles. The molecule has 11 heteroatoms. The van der Waals surface area contributed by atoms with E-state index in [0.717, 1.165) is 6.08 Å². The molecule has 0 unspecified atom stereocenters. The highest BCUT2D eigenvalue weighted by Gasteiger charge is 2.29. The Hall–Kier alpha value is -4.17. The quantitative estimate of drug-likeness (QED) is 0.415. The Kier molecular flexibility index (Phi) is 6.34. The maximum Gasteiger partial charge on any atom is 0.269 e. The number of nitrogens with one attached hydrogen (secondary N) is 1. The highest BCUT2D eigenvalue weighted by atomic mass is 32.2. The third-order valence-electron chi connectivity index (χ3n) is 5.23. The summed E-state index contributed by atoms with van der Waals surface area (Å²) in [5.41, 5.74) is -0.714. The maximum absolute atomic E-state index is 13.2. The van der Waals surface area contributed by atoms with Crippen LogP contribution >= 0.6 is 0 Å². The summed E-state index contributed by atoms with van der Waals surface area (Å²) in [5.74, 6) is -0.121. The molecule has 3 heterocycles. The summed E-state index contributed by atoms with van der Waals surface area (Å²) in [7, 11) is -1.69. The number of aromatic nitrogens is 2. The molecule has 1 aliphatic rings. The second-order valence-electron chi connectivity index (χ2n) is 7.59. The number of pyridine rings is 1. The number of ether oxygens (including phenoxy) is 2. The van der Waals surface area contributed by atoms with E-state index >= 15 is 0 Å². The molecule has 3 aromatic rings. The van der Waals surface area contributed by atoms with Crippen molar-refractivity contribution < 1.29 is 22.7 Å². The molecule has 10 nitrogen and oxygen atoms in total. The molecule has 0 bridgehead atoms. The number of amides is 1. The van der Waals surface area contributed by atoms with Crippen molar-refractivity contribution in [2.75, 3.05) is 18.6 Å². The number of fused-ring (bicyclic) bond motifs is 1. The van der Waals surface area contributed by atoms with Crippen LogP contribution in [0.3, 0.4) is 0 Å². The number of nitriles is 1. The minimum atomic E-state index is -3.22. The van der Waals surface area contributed by atoms with Crippen LogP contribution < -0.4 is 20.3 Å². The van der Waals surface area contributed by atoms with Crippen LogP contribution in [0, 0.1) is 11.3 Å². The van der Waals surface area contributed by atoms with Gasteiger partial charge < -0.3 is 14.8 Å². The molecular formula is C23H20N4O6S. The molecule has 0 aliphatic carbocycles. The van der Waals surface area contributed by atoms with Crippen LogP contribution in [-0.4, -0.2) is 48.4 Å². The summed E-state index contributed by atoms with van der Waals surface area (Å²) < 4.78 is 35.6. The minimum Gasteiger partial charge on any atom is -0.497 e. The Labute approximate surface area is 195 Å². The molecule has 4 rings (SSSR count). The first-order chi connectivity index (χ1) is 16.3. The van der Waals surface area contributed by atoms with E-state index in [9.17, 15) is 23.3 Å². The normalized spacial score (nSPS) is 17.2. The lowest BCUT2D eigenvalue weighted by Crippen LogP contribution is -2.36. The molecule has 1 fully saturated rings. The van der Waals surface area contributed by atoms with Gasteiger partial charge in [0, 0.05) is 12.2 Å². The lowest BCUT2D eigenvalue weighted by atomic mass is 10.1. The van der Waals surface area contributed by atoms with Crippen molar-refractivity contribution >= 4 is 27.5 Å². The van der Waals surface area contributed by atoms with Crippen LogP contribution in [0.2, 0.25) is 0 Å². The zero-order valence-electron chi connectivity index (χ0n) is 18.1. The van der Waals surface area contributed by atoms with Crippen molar-refractivity contribution in [1.82, 2.24) is 14.7 Å². The lowest BCUT2D eigenvalue weighted by Gasteiger charge is -2.12. The average molecular weight is 481 g/mol. The highest BCUT2D eigenvalue weighted by Crippen LogP contribution is 2.26. The summed E-state index contributed by atoms with van der Waals surface area (Å²) in [5, 5.41) is 12.1. The zero-order chi connectivity index (χ0) is 24.3. The topological polar surface area (TPSA) is 140 Å². The summed E-state index contributed by atoms with van der Waals surface area (Å²) in [6, 6.07) is 12.7. The SMILES string of the molecule is COc1ccc(Oc2nc3ccccn3c(=O)c2/C=C(\C#N)C(=O)N[C@H]2CCS(=O)(=O)C2)cc1. The van der Waals surface area contributed by atoms with Crippen molar-refractivity contribution in [3.05, 3.63) is 70.2 Å². The van der Waals surface area contributed by atoms with E-state index in [4.69, 9.17) is 9.47 Å². The van der Waals surface area contributed by atoms with Crippen LogP contribution in [-0.2, 0) is 14.6 Å². The van der Waals surface area contributed by atoms with Crippen LogP contribution in [0.25, 0.3) is 11.7 Å². The Morgan fingerprint density at radius 1 is 1.24 bits per heavy atom. The van der Waals surface area contributed by atoms with Gasteiger partial charge in [-0.2, -0.15) is 10.2 Å². The van der Waals surface area contributed by atoms with E-state index in [1.54, 1.807) is 48.5 Å². The first-order valence-electron chi connectivity index (χ1n) is 10.3. The highest BCUT2D eigenvalue weighted by molar-refractivity contribution is 7.91. The second kappa shape index (κ2) is 9.36. The largest absolute Gasteiger partial charge is 0.497 e. The third kappa shape index (κ3) is 4.92. The Morgan fingerprint density at radius 3 is 2.62 bits per heavy atom. The molecule has 1 amide bonds. The van der Waals surface area contributed by atoms with Crippen molar-refractivity contribution in [1.29, 1.82) is 5.26 Å². The number of hydrogen-bond acceptors (Lipinski definition) is 8. The fraction of sp³-hybridized carbons (Fsp3) is 0.217.